The van der Waals surface area contributed by atoms with Crippen LogP contribution in [0.4, 0.5) is 11.4 Å². The molecule has 1 aliphatic heterocycles. The molecule has 6 nitrogen and oxygen atoms in total. The van der Waals surface area contributed by atoms with Gasteiger partial charge in [0.1, 0.15) is 0 Å². The highest BCUT2D eigenvalue weighted by Crippen LogP contribution is 2.30. The van der Waals surface area contributed by atoms with Crippen molar-refractivity contribution in [3.8, 4) is 0 Å². The largest absolute Gasteiger partial charge is 0.371 e. The van der Waals surface area contributed by atoms with Gasteiger partial charge in [-0.1, -0.05) is 69.3 Å². The van der Waals surface area contributed by atoms with E-state index in [4.69, 9.17) is 0 Å². The van der Waals surface area contributed by atoms with Gasteiger partial charge in [0.05, 0.1) is 5.56 Å². The predicted octanol–water partition coefficient (Wildman–Crippen LogP) is 7.02. The molecular formula is C36H40N4O2. The summed E-state index contributed by atoms with van der Waals surface area (Å²) in [6.45, 7) is 8.59. The summed E-state index contributed by atoms with van der Waals surface area (Å²) in [6.07, 6.45) is 6.67. The van der Waals surface area contributed by atoms with E-state index in [-0.39, 0.29) is 17.2 Å². The first-order valence-electron chi connectivity index (χ1n) is 14.8. The van der Waals surface area contributed by atoms with Gasteiger partial charge in [-0.25, -0.2) is 0 Å². The molecule has 6 heteroatoms. The molecule has 5 rings (SSSR count). The van der Waals surface area contributed by atoms with Gasteiger partial charge in [0.2, 0.25) is 0 Å². The lowest BCUT2D eigenvalue weighted by atomic mass is 9.87. The number of amides is 2. The molecule has 0 radical (unpaired) electrons. The zero-order valence-electron chi connectivity index (χ0n) is 24.8. The minimum absolute atomic E-state index is 0.0128. The molecule has 0 bridgehead atoms. The Balaban J connectivity index is 1.32. The monoisotopic (exact) mass is 560 g/mol. The second-order valence-electron chi connectivity index (χ2n) is 12.2. The molecule has 2 heterocycles. The predicted molar refractivity (Wildman–Crippen MR) is 170 cm³/mol. The molecule has 0 unspecified atom stereocenters. The number of benzene rings is 3. The van der Waals surface area contributed by atoms with E-state index in [1.165, 1.54) is 11.1 Å². The Hall–Kier alpha value is -4.45. The second kappa shape index (κ2) is 13.0. The van der Waals surface area contributed by atoms with Crippen molar-refractivity contribution in [2.45, 2.75) is 52.0 Å². The van der Waals surface area contributed by atoms with E-state index < -0.39 is 0 Å². The lowest BCUT2D eigenvalue weighted by molar-refractivity contribution is 0.0950. The van der Waals surface area contributed by atoms with Gasteiger partial charge in [-0.3, -0.25) is 14.6 Å². The SMILES string of the molecule is CC(C)(C)c1ccc(C(=O)Nc2ccc(N3CCC(Cc4ccccc4)CC3)c(C(=O)NCc3cccnc3)c2)cc1. The van der Waals surface area contributed by atoms with Crippen molar-refractivity contribution in [3.63, 3.8) is 0 Å². The average molecular weight is 561 g/mol. The number of piperidine rings is 1. The smallest absolute Gasteiger partial charge is 0.255 e. The molecule has 0 atom stereocenters. The number of anilines is 2. The highest BCUT2D eigenvalue weighted by molar-refractivity contribution is 6.06. The summed E-state index contributed by atoms with van der Waals surface area (Å²) < 4.78 is 0. The highest BCUT2D eigenvalue weighted by atomic mass is 16.2. The van der Waals surface area contributed by atoms with Crippen molar-refractivity contribution in [1.82, 2.24) is 10.3 Å². The first kappa shape index (κ1) is 29.1. The maximum absolute atomic E-state index is 13.6. The van der Waals surface area contributed by atoms with Crippen molar-refractivity contribution in [3.05, 3.63) is 125 Å². The zero-order chi connectivity index (χ0) is 29.5. The molecule has 1 saturated heterocycles. The summed E-state index contributed by atoms with van der Waals surface area (Å²) in [6, 6.07) is 27.8. The number of aromatic nitrogens is 1. The number of carbonyl (C=O) groups is 2. The van der Waals surface area contributed by atoms with E-state index in [1.54, 1.807) is 18.5 Å². The number of nitrogens with one attached hydrogen (secondary N) is 2. The molecule has 4 aromatic rings. The van der Waals surface area contributed by atoms with E-state index in [0.29, 0.717) is 29.3 Å². The molecule has 0 spiro atoms. The number of carbonyl (C=O) groups excluding carboxylic acids is 2. The fraction of sp³-hybridized carbons (Fsp3) is 0.306. The minimum atomic E-state index is -0.202. The van der Waals surface area contributed by atoms with Gasteiger partial charge in [-0.2, -0.15) is 0 Å². The van der Waals surface area contributed by atoms with E-state index in [1.807, 2.05) is 48.5 Å². The van der Waals surface area contributed by atoms with E-state index in [9.17, 15) is 9.59 Å². The Morgan fingerprint density at radius 3 is 2.24 bits per heavy atom. The summed E-state index contributed by atoms with van der Waals surface area (Å²) in [7, 11) is 0. The van der Waals surface area contributed by atoms with Crippen LogP contribution < -0.4 is 15.5 Å². The van der Waals surface area contributed by atoms with Gasteiger partial charge < -0.3 is 15.5 Å². The summed E-state index contributed by atoms with van der Waals surface area (Å²) in [5.74, 6) is 0.243. The van der Waals surface area contributed by atoms with Gasteiger partial charge >= 0.3 is 0 Å². The summed E-state index contributed by atoms with van der Waals surface area (Å²) >= 11 is 0. The molecule has 42 heavy (non-hydrogen) atoms. The van der Waals surface area contributed by atoms with Crippen LogP contribution in [-0.4, -0.2) is 29.9 Å². The third-order valence-corrected chi connectivity index (χ3v) is 8.01. The number of nitrogens with zero attached hydrogens (tertiary/aromatic N) is 2. The number of rotatable bonds is 8. The van der Waals surface area contributed by atoms with Crippen LogP contribution >= 0.6 is 0 Å². The van der Waals surface area contributed by atoms with Gasteiger partial charge in [0, 0.05) is 49.0 Å². The molecule has 2 amide bonds. The highest BCUT2D eigenvalue weighted by Gasteiger charge is 2.24. The molecule has 216 valence electrons. The summed E-state index contributed by atoms with van der Waals surface area (Å²) in [5.41, 5.74) is 6.11. The number of hydrogen-bond donors (Lipinski definition) is 2. The standard InChI is InChI=1S/C36H40N4O2/c1-36(2,3)30-13-11-29(12-14-30)34(41)39-31-15-16-33(32(23-31)35(42)38-25-28-10-7-19-37-24-28)40-20-17-27(18-21-40)22-26-8-5-4-6-9-26/h4-16,19,23-24,27H,17-18,20-22,25H2,1-3H3,(H,38,42)(H,39,41). The van der Waals surface area contributed by atoms with Gasteiger partial charge in [0.15, 0.2) is 0 Å². The van der Waals surface area contributed by atoms with Gasteiger partial charge in [-0.05, 0) is 83.7 Å². The third kappa shape index (κ3) is 7.43. The van der Waals surface area contributed by atoms with Crippen LogP contribution in [0.1, 0.15) is 71.0 Å². The number of pyridine rings is 1. The second-order valence-corrected chi connectivity index (χ2v) is 12.2. The van der Waals surface area contributed by atoms with Gasteiger partial charge in [-0.15, -0.1) is 0 Å². The van der Waals surface area contributed by atoms with E-state index in [2.05, 4.69) is 71.6 Å². The fourth-order valence-electron chi connectivity index (χ4n) is 5.50. The summed E-state index contributed by atoms with van der Waals surface area (Å²) in [4.78, 5) is 33.1. The Bertz CT molecular complexity index is 1490. The Kier molecular flexibility index (Phi) is 9.01. The Morgan fingerprint density at radius 2 is 1.57 bits per heavy atom. The number of hydrogen-bond acceptors (Lipinski definition) is 4. The molecule has 3 aromatic carbocycles. The van der Waals surface area contributed by atoms with Crippen LogP contribution in [-0.2, 0) is 18.4 Å². The topological polar surface area (TPSA) is 74.3 Å². The molecule has 1 aromatic heterocycles. The lowest BCUT2D eigenvalue weighted by Crippen LogP contribution is -2.36. The molecule has 0 saturated carbocycles. The van der Waals surface area contributed by atoms with Crippen LogP contribution in [0.25, 0.3) is 0 Å². The maximum atomic E-state index is 13.6. The summed E-state index contributed by atoms with van der Waals surface area (Å²) in [5, 5.41) is 6.05. The van der Waals surface area contributed by atoms with Crippen LogP contribution in [0, 0.1) is 5.92 Å². The molecule has 2 N–H and O–H groups in total. The van der Waals surface area contributed by atoms with E-state index in [0.717, 1.165) is 43.6 Å². The van der Waals surface area contributed by atoms with Crippen LogP contribution in [0.2, 0.25) is 0 Å². The van der Waals surface area contributed by atoms with Crippen molar-refractivity contribution in [1.29, 1.82) is 0 Å². The molecule has 0 aliphatic carbocycles. The van der Waals surface area contributed by atoms with Crippen LogP contribution in [0.5, 0.6) is 0 Å². The quantitative estimate of drug-likeness (QED) is 0.243. The molecular weight excluding hydrogens is 520 g/mol. The molecule has 1 aliphatic rings. The Morgan fingerprint density at radius 1 is 0.857 bits per heavy atom. The third-order valence-electron chi connectivity index (χ3n) is 8.01. The van der Waals surface area contributed by atoms with Crippen LogP contribution in [0.3, 0.4) is 0 Å². The average Bonchev–Trinajstić information content (AvgIpc) is 3.01. The van der Waals surface area contributed by atoms with Crippen molar-refractivity contribution in [2.24, 2.45) is 5.92 Å². The Labute approximate surface area is 249 Å². The normalized spacial score (nSPS) is 13.9. The minimum Gasteiger partial charge on any atom is -0.371 e. The van der Waals surface area contributed by atoms with Crippen molar-refractivity contribution >= 4 is 23.2 Å². The van der Waals surface area contributed by atoms with Crippen molar-refractivity contribution < 1.29 is 9.59 Å². The first-order valence-corrected chi connectivity index (χ1v) is 14.8. The molecule has 1 fully saturated rings. The lowest BCUT2D eigenvalue weighted by Gasteiger charge is -2.35. The zero-order valence-corrected chi connectivity index (χ0v) is 24.8. The fourth-order valence-corrected chi connectivity index (χ4v) is 5.50. The van der Waals surface area contributed by atoms with Gasteiger partial charge in [0.25, 0.3) is 11.8 Å². The van der Waals surface area contributed by atoms with Crippen LogP contribution in [0.15, 0.2) is 97.3 Å². The van der Waals surface area contributed by atoms with Crippen molar-refractivity contribution in [2.75, 3.05) is 23.3 Å². The maximum Gasteiger partial charge on any atom is 0.255 e. The van der Waals surface area contributed by atoms with E-state index >= 15 is 0 Å². The first-order chi connectivity index (χ1) is 20.3.